The zero-order chi connectivity index (χ0) is 28.9. The fourth-order valence-electron chi connectivity index (χ4n) is 8.40. The van der Waals surface area contributed by atoms with Gasteiger partial charge in [-0.25, -0.2) is 0 Å². The van der Waals surface area contributed by atoms with Crippen molar-refractivity contribution >= 4 is 11.7 Å². The minimum absolute atomic E-state index is 0.185. The molecule has 0 saturated carbocycles. The first kappa shape index (κ1) is 28.8. The highest BCUT2D eigenvalue weighted by atomic mass is 16.4. The third-order valence-corrected chi connectivity index (χ3v) is 10.4. The van der Waals surface area contributed by atoms with Crippen LogP contribution in [0.15, 0.2) is 72.8 Å². The number of aliphatic carboxylic acids is 1. The number of benzene rings is 3. The molecule has 42 heavy (non-hydrogen) atoms. The summed E-state index contributed by atoms with van der Waals surface area (Å²) in [5.74, 6) is 0.361. The van der Waals surface area contributed by atoms with E-state index in [9.17, 15) is 15.0 Å². The van der Waals surface area contributed by atoms with Crippen LogP contribution < -0.4 is 4.90 Å². The van der Waals surface area contributed by atoms with Crippen molar-refractivity contribution in [1.29, 1.82) is 0 Å². The number of aromatic hydroxyl groups is 1. The molecule has 2 aliphatic heterocycles. The summed E-state index contributed by atoms with van der Waals surface area (Å²) < 4.78 is 0. The Kier molecular flexibility index (Phi) is 8.85. The lowest BCUT2D eigenvalue weighted by molar-refractivity contribution is -0.138. The molecule has 5 nitrogen and oxygen atoms in total. The Hall–Kier alpha value is -3.31. The van der Waals surface area contributed by atoms with Gasteiger partial charge in [0.05, 0.1) is 6.54 Å². The number of carboxylic acid groups (broad SMARTS) is 1. The highest BCUT2D eigenvalue weighted by Crippen LogP contribution is 2.47. The van der Waals surface area contributed by atoms with Gasteiger partial charge in [0.2, 0.25) is 0 Å². The first-order valence-electron chi connectivity index (χ1n) is 16.2. The Morgan fingerprint density at radius 3 is 2.07 bits per heavy atom. The van der Waals surface area contributed by atoms with Crippen LogP contribution in [-0.4, -0.2) is 53.8 Å². The Morgan fingerprint density at radius 1 is 0.786 bits per heavy atom. The Labute approximate surface area is 251 Å². The molecule has 2 saturated heterocycles. The summed E-state index contributed by atoms with van der Waals surface area (Å²) in [5, 5.41) is 19.4. The molecule has 6 rings (SSSR count). The summed E-state index contributed by atoms with van der Waals surface area (Å²) in [6.07, 6.45) is 11.8. The van der Waals surface area contributed by atoms with Gasteiger partial charge in [-0.3, -0.25) is 9.69 Å². The molecular formula is C37H46N2O3. The summed E-state index contributed by atoms with van der Waals surface area (Å²) in [6.45, 7) is 4.23. The third-order valence-electron chi connectivity index (χ3n) is 10.4. The average molecular weight is 567 g/mol. The molecule has 2 N–H and O–H groups in total. The number of phenols is 1. The Morgan fingerprint density at radius 2 is 1.43 bits per heavy atom. The van der Waals surface area contributed by atoms with Crippen LogP contribution in [0.3, 0.4) is 0 Å². The number of nitrogens with zero attached hydrogens (tertiary/aromatic N) is 2. The smallest absolute Gasteiger partial charge is 0.317 e. The van der Waals surface area contributed by atoms with Crippen molar-refractivity contribution in [2.75, 3.05) is 37.6 Å². The lowest BCUT2D eigenvalue weighted by atomic mass is 9.69. The molecule has 2 atom stereocenters. The number of fused-ring (bicyclic) bond motifs is 1. The molecule has 0 amide bonds. The maximum atomic E-state index is 11.2. The van der Waals surface area contributed by atoms with Crippen LogP contribution >= 0.6 is 0 Å². The van der Waals surface area contributed by atoms with Crippen LogP contribution in [-0.2, 0) is 11.2 Å². The average Bonchev–Trinajstić information content (AvgIpc) is 2.97. The summed E-state index contributed by atoms with van der Waals surface area (Å²) >= 11 is 0. The molecular weight excluding hydrogens is 520 g/mol. The zero-order valence-corrected chi connectivity index (χ0v) is 24.9. The highest BCUT2D eigenvalue weighted by Gasteiger charge is 2.34. The van der Waals surface area contributed by atoms with Crippen LogP contribution in [0.25, 0.3) is 0 Å². The van der Waals surface area contributed by atoms with Crippen LogP contribution in [0.4, 0.5) is 5.69 Å². The number of aryl methyl sites for hydroxylation is 1. The Bertz CT molecular complexity index is 1320. The lowest BCUT2D eigenvalue weighted by Crippen LogP contribution is -2.37. The number of anilines is 1. The fraction of sp³-hybridized carbons (Fsp3) is 0.486. The molecule has 1 spiro atoms. The van der Waals surface area contributed by atoms with E-state index in [1.807, 2.05) is 12.1 Å². The van der Waals surface area contributed by atoms with Crippen LogP contribution in [0.5, 0.6) is 5.75 Å². The summed E-state index contributed by atoms with van der Waals surface area (Å²) in [4.78, 5) is 15.9. The third kappa shape index (κ3) is 6.52. The molecule has 0 unspecified atom stereocenters. The fourth-order valence-corrected chi connectivity index (χ4v) is 8.40. The number of hydrogen-bond acceptors (Lipinski definition) is 4. The maximum Gasteiger partial charge on any atom is 0.317 e. The molecule has 2 heterocycles. The van der Waals surface area contributed by atoms with E-state index in [2.05, 4.69) is 70.5 Å². The molecule has 0 aromatic heterocycles. The second kappa shape index (κ2) is 12.9. The monoisotopic (exact) mass is 566 g/mol. The number of likely N-dealkylation sites (tertiary alicyclic amines) is 1. The van der Waals surface area contributed by atoms with Gasteiger partial charge in [0.25, 0.3) is 0 Å². The van der Waals surface area contributed by atoms with Crippen molar-refractivity contribution in [2.24, 2.45) is 5.41 Å². The molecule has 3 aromatic rings. The van der Waals surface area contributed by atoms with Gasteiger partial charge in [0.15, 0.2) is 0 Å². The SMILES string of the molecule is O=C(O)CN1CCCC2(CCC1)CCCN(c1ccc([C@@H]3c4ccc(O)cc4CC[C@@H]3c3ccccc3)cc1)CCC2. The lowest BCUT2D eigenvalue weighted by Gasteiger charge is -2.41. The van der Waals surface area contributed by atoms with Gasteiger partial charge >= 0.3 is 5.97 Å². The number of carboxylic acids is 1. The standard InChI is InChI=1S/C37H46N2O3/c40-32-15-17-34-30(26-32)12-16-33(28-8-2-1-3-9-28)36(34)29-10-13-31(14-11-29)39-24-6-20-37(21-7-25-39)18-4-22-38(23-5-19-37)27-35(41)42/h1-3,8-11,13-15,17,26,33,36,40H,4-7,12,16,18-25,27H2,(H,41,42)/t33-,36+/m1/s1. The topological polar surface area (TPSA) is 64.0 Å². The van der Waals surface area contributed by atoms with E-state index >= 15 is 0 Å². The van der Waals surface area contributed by atoms with Gasteiger partial charge in [0, 0.05) is 24.7 Å². The van der Waals surface area contributed by atoms with Gasteiger partial charge in [-0.05, 0) is 135 Å². The first-order chi connectivity index (χ1) is 20.5. The van der Waals surface area contributed by atoms with E-state index in [1.165, 1.54) is 66.5 Å². The van der Waals surface area contributed by atoms with Crippen molar-refractivity contribution in [1.82, 2.24) is 4.90 Å². The van der Waals surface area contributed by atoms with Gasteiger partial charge in [-0.1, -0.05) is 48.5 Å². The molecule has 3 aromatic carbocycles. The molecule has 0 radical (unpaired) electrons. The van der Waals surface area contributed by atoms with Crippen LogP contribution in [0.2, 0.25) is 0 Å². The predicted molar refractivity (Wildman–Crippen MR) is 170 cm³/mol. The molecule has 5 heteroatoms. The van der Waals surface area contributed by atoms with E-state index < -0.39 is 5.97 Å². The van der Waals surface area contributed by atoms with Gasteiger partial charge in [-0.2, -0.15) is 0 Å². The Balaban J connectivity index is 1.14. The van der Waals surface area contributed by atoms with Crippen LogP contribution in [0.1, 0.15) is 91.9 Å². The number of rotatable bonds is 5. The number of phenolic OH excluding ortho intramolecular Hbond substituents is 1. The summed E-state index contributed by atoms with van der Waals surface area (Å²) in [7, 11) is 0. The minimum atomic E-state index is -0.704. The molecule has 222 valence electrons. The molecule has 1 aliphatic carbocycles. The van der Waals surface area contributed by atoms with E-state index in [-0.39, 0.29) is 12.5 Å². The second-order valence-electron chi connectivity index (χ2n) is 13.1. The largest absolute Gasteiger partial charge is 0.508 e. The highest BCUT2D eigenvalue weighted by molar-refractivity contribution is 5.69. The molecule has 3 aliphatic rings. The van der Waals surface area contributed by atoms with Gasteiger partial charge in [0.1, 0.15) is 5.75 Å². The minimum Gasteiger partial charge on any atom is -0.508 e. The van der Waals surface area contributed by atoms with Crippen molar-refractivity contribution in [3.8, 4) is 5.75 Å². The second-order valence-corrected chi connectivity index (χ2v) is 13.1. The zero-order valence-electron chi connectivity index (χ0n) is 24.9. The number of hydrogen-bond donors (Lipinski definition) is 2. The van der Waals surface area contributed by atoms with Crippen molar-refractivity contribution < 1.29 is 15.0 Å². The quantitative estimate of drug-likeness (QED) is 0.333. The first-order valence-corrected chi connectivity index (χ1v) is 16.2. The molecule has 0 bridgehead atoms. The van der Waals surface area contributed by atoms with Crippen LogP contribution in [0, 0.1) is 5.41 Å². The van der Waals surface area contributed by atoms with E-state index in [1.54, 1.807) is 0 Å². The molecule has 2 fully saturated rings. The van der Waals surface area contributed by atoms with Crippen molar-refractivity contribution in [3.63, 3.8) is 0 Å². The predicted octanol–water partition coefficient (Wildman–Crippen LogP) is 7.58. The van der Waals surface area contributed by atoms with Gasteiger partial charge in [-0.15, -0.1) is 0 Å². The van der Waals surface area contributed by atoms with Crippen molar-refractivity contribution in [2.45, 2.75) is 76.0 Å². The normalized spacial score (nSPS) is 23.3. The maximum absolute atomic E-state index is 11.2. The summed E-state index contributed by atoms with van der Waals surface area (Å²) in [5.41, 5.74) is 7.15. The van der Waals surface area contributed by atoms with Gasteiger partial charge < -0.3 is 15.1 Å². The van der Waals surface area contributed by atoms with E-state index in [0.717, 1.165) is 51.9 Å². The number of carbonyl (C=O) groups is 1. The van der Waals surface area contributed by atoms with Crippen molar-refractivity contribution in [3.05, 3.63) is 95.1 Å². The van der Waals surface area contributed by atoms with E-state index in [0.29, 0.717) is 17.1 Å². The summed E-state index contributed by atoms with van der Waals surface area (Å²) in [6, 6.07) is 26.3. The van der Waals surface area contributed by atoms with E-state index in [4.69, 9.17) is 0 Å².